The van der Waals surface area contributed by atoms with Crippen molar-refractivity contribution in [3.63, 3.8) is 0 Å². The Kier molecular flexibility index (Phi) is 14.9. The van der Waals surface area contributed by atoms with Crippen molar-refractivity contribution in [2.75, 3.05) is 5.33 Å². The summed E-state index contributed by atoms with van der Waals surface area (Å²) in [5.41, 5.74) is 0. The lowest BCUT2D eigenvalue weighted by atomic mass is 10.1. The average Bonchev–Trinajstić information content (AvgIpc) is 2.31. The van der Waals surface area contributed by atoms with Crippen molar-refractivity contribution in [3.8, 4) is 0 Å². The molecule has 0 spiro atoms. The molecule has 0 unspecified atom stereocenters. The van der Waals surface area contributed by atoms with Gasteiger partial charge in [0.2, 0.25) is 0 Å². The molecule has 0 nitrogen and oxygen atoms in total. The number of allylic oxidation sites excluding steroid dienone is 4. The van der Waals surface area contributed by atoms with Crippen molar-refractivity contribution in [1.82, 2.24) is 0 Å². The third kappa shape index (κ3) is 14.0. The molecule has 1 heteroatoms. The quantitative estimate of drug-likeness (QED) is 0.247. The van der Waals surface area contributed by atoms with Crippen molar-refractivity contribution in [2.45, 2.75) is 64.7 Å². The van der Waals surface area contributed by atoms with E-state index in [2.05, 4.69) is 47.2 Å². The molecule has 0 saturated carbocycles. The molecule has 0 aliphatic rings. The molecule has 0 bridgehead atoms. The van der Waals surface area contributed by atoms with Crippen LogP contribution in [0.4, 0.5) is 0 Å². The minimum Gasteiger partial charge on any atom is -0.0925 e. The van der Waals surface area contributed by atoms with E-state index in [1.54, 1.807) is 0 Å². The zero-order valence-electron chi connectivity index (χ0n) is 10.8. The van der Waals surface area contributed by atoms with Crippen LogP contribution in [0.25, 0.3) is 0 Å². The van der Waals surface area contributed by atoms with Gasteiger partial charge in [0.15, 0.2) is 0 Å². The van der Waals surface area contributed by atoms with Gasteiger partial charge < -0.3 is 0 Å². The maximum absolute atomic E-state index is 3.40. The molecule has 0 saturated heterocycles. The van der Waals surface area contributed by atoms with Gasteiger partial charge in [0, 0.05) is 5.33 Å². The summed E-state index contributed by atoms with van der Waals surface area (Å²) in [5.74, 6) is 0. The topological polar surface area (TPSA) is 0 Å². The predicted octanol–water partition coefficient (Wildman–Crippen LogP) is 6.02. The maximum atomic E-state index is 3.40. The molecule has 0 fully saturated rings. The summed E-state index contributed by atoms with van der Waals surface area (Å²) in [6.45, 7) is 2.27. The summed E-state index contributed by atoms with van der Waals surface area (Å²) in [6, 6.07) is 0. The number of hydrogen-bond donors (Lipinski definition) is 0. The van der Waals surface area contributed by atoms with Crippen LogP contribution in [0.5, 0.6) is 0 Å². The van der Waals surface area contributed by atoms with Crippen LogP contribution in [0.1, 0.15) is 64.7 Å². The summed E-state index contributed by atoms with van der Waals surface area (Å²) in [6.07, 6.45) is 21.0. The molecule has 0 aromatic rings. The van der Waals surface area contributed by atoms with E-state index in [-0.39, 0.29) is 0 Å². The van der Waals surface area contributed by atoms with E-state index in [1.165, 1.54) is 51.4 Å². The van der Waals surface area contributed by atoms with Gasteiger partial charge in [0.1, 0.15) is 0 Å². The molecule has 0 N–H and O–H groups in total. The van der Waals surface area contributed by atoms with Crippen LogP contribution in [0.15, 0.2) is 24.3 Å². The molecular formula is C15H27Br. The van der Waals surface area contributed by atoms with E-state index in [4.69, 9.17) is 0 Å². The lowest BCUT2D eigenvalue weighted by Crippen LogP contribution is -1.78. The minimum absolute atomic E-state index is 1.06. The van der Waals surface area contributed by atoms with Crippen LogP contribution >= 0.6 is 15.9 Å². The van der Waals surface area contributed by atoms with Gasteiger partial charge in [-0.3, -0.25) is 0 Å². The van der Waals surface area contributed by atoms with Crippen LogP contribution < -0.4 is 0 Å². The number of hydrogen-bond acceptors (Lipinski definition) is 0. The summed E-state index contributed by atoms with van der Waals surface area (Å²) in [7, 11) is 0. The zero-order chi connectivity index (χ0) is 11.9. The van der Waals surface area contributed by atoms with Crippen molar-refractivity contribution in [2.24, 2.45) is 0 Å². The molecule has 0 aromatic carbocycles. The highest BCUT2D eigenvalue weighted by molar-refractivity contribution is 9.09. The van der Waals surface area contributed by atoms with E-state index in [1.807, 2.05) is 0 Å². The molecule has 0 radical (unpaired) electrons. The molecule has 0 rings (SSSR count). The van der Waals surface area contributed by atoms with Gasteiger partial charge in [-0.2, -0.15) is 0 Å². The van der Waals surface area contributed by atoms with Crippen LogP contribution in [0.3, 0.4) is 0 Å². The van der Waals surface area contributed by atoms with E-state index in [9.17, 15) is 0 Å². The van der Waals surface area contributed by atoms with Gasteiger partial charge in [-0.05, 0) is 19.3 Å². The molecular weight excluding hydrogens is 260 g/mol. The summed E-state index contributed by atoms with van der Waals surface area (Å²) >= 11 is 3.40. The Morgan fingerprint density at radius 3 is 1.94 bits per heavy atom. The van der Waals surface area contributed by atoms with E-state index in [0.717, 1.165) is 11.8 Å². The second-order valence-electron chi connectivity index (χ2n) is 4.24. The van der Waals surface area contributed by atoms with E-state index >= 15 is 0 Å². The Balaban J connectivity index is 3.08. The van der Waals surface area contributed by atoms with Gasteiger partial charge in [0.25, 0.3) is 0 Å². The Morgan fingerprint density at radius 2 is 1.31 bits per heavy atom. The van der Waals surface area contributed by atoms with Crippen LogP contribution in [-0.2, 0) is 0 Å². The fraction of sp³-hybridized carbons (Fsp3) is 0.733. The second kappa shape index (κ2) is 15.0. The molecule has 94 valence electrons. The second-order valence-corrected chi connectivity index (χ2v) is 5.04. The van der Waals surface area contributed by atoms with Crippen molar-refractivity contribution in [1.29, 1.82) is 0 Å². The van der Waals surface area contributed by atoms with Crippen molar-refractivity contribution in [3.05, 3.63) is 24.3 Å². The lowest BCUT2D eigenvalue weighted by Gasteiger charge is -1.98. The summed E-state index contributed by atoms with van der Waals surface area (Å²) in [4.78, 5) is 0. The first-order valence-electron chi connectivity index (χ1n) is 6.79. The Morgan fingerprint density at radius 1 is 0.750 bits per heavy atom. The Bertz CT molecular complexity index is 170. The van der Waals surface area contributed by atoms with Gasteiger partial charge in [-0.25, -0.2) is 0 Å². The first kappa shape index (κ1) is 16.0. The zero-order valence-corrected chi connectivity index (χ0v) is 12.3. The number of alkyl halides is 1. The third-order valence-electron chi connectivity index (χ3n) is 2.63. The van der Waals surface area contributed by atoms with E-state index in [0.29, 0.717) is 0 Å². The molecule has 0 aliphatic heterocycles. The first-order chi connectivity index (χ1) is 7.91. The van der Waals surface area contributed by atoms with Crippen molar-refractivity contribution < 1.29 is 0 Å². The monoisotopic (exact) mass is 286 g/mol. The summed E-state index contributed by atoms with van der Waals surface area (Å²) < 4.78 is 0. The van der Waals surface area contributed by atoms with Gasteiger partial charge >= 0.3 is 0 Å². The molecule has 0 aromatic heterocycles. The highest BCUT2D eigenvalue weighted by Gasteiger charge is 1.88. The first-order valence-corrected chi connectivity index (χ1v) is 7.91. The molecule has 0 aliphatic carbocycles. The Labute approximate surface area is 110 Å². The fourth-order valence-corrected chi connectivity index (χ4v) is 1.90. The smallest absolute Gasteiger partial charge is 0.00660 e. The average molecular weight is 287 g/mol. The molecule has 0 atom stereocenters. The SMILES string of the molecule is CCCCCCCCCC=CC=CCCBr. The number of unbranched alkanes of at least 4 members (excludes halogenated alkanes) is 7. The minimum atomic E-state index is 1.06. The van der Waals surface area contributed by atoms with Gasteiger partial charge in [-0.15, -0.1) is 0 Å². The lowest BCUT2D eigenvalue weighted by molar-refractivity contribution is 0.592. The van der Waals surface area contributed by atoms with Crippen LogP contribution in [0, 0.1) is 0 Å². The summed E-state index contributed by atoms with van der Waals surface area (Å²) in [5, 5.41) is 1.06. The number of rotatable bonds is 11. The van der Waals surface area contributed by atoms with Crippen molar-refractivity contribution >= 4 is 15.9 Å². The van der Waals surface area contributed by atoms with Gasteiger partial charge in [-0.1, -0.05) is 85.7 Å². The third-order valence-corrected chi connectivity index (χ3v) is 3.09. The normalized spacial score (nSPS) is 11.9. The highest BCUT2D eigenvalue weighted by atomic mass is 79.9. The molecule has 0 heterocycles. The predicted molar refractivity (Wildman–Crippen MR) is 79.3 cm³/mol. The fourth-order valence-electron chi connectivity index (χ4n) is 1.63. The largest absolute Gasteiger partial charge is 0.0925 e. The number of halogens is 1. The van der Waals surface area contributed by atoms with Gasteiger partial charge in [0.05, 0.1) is 0 Å². The Hall–Kier alpha value is -0.0400. The standard InChI is InChI=1S/C15H27Br/c1-2-3-4-5-6-7-8-9-10-11-12-13-14-15-16/h10-13H,2-9,14-15H2,1H3. The van der Waals surface area contributed by atoms with E-state index < -0.39 is 0 Å². The van der Waals surface area contributed by atoms with Crippen LogP contribution in [-0.4, -0.2) is 5.33 Å². The van der Waals surface area contributed by atoms with Crippen LogP contribution in [0.2, 0.25) is 0 Å². The molecule has 0 amide bonds. The highest BCUT2D eigenvalue weighted by Crippen LogP contribution is 2.08. The molecule has 16 heavy (non-hydrogen) atoms. The maximum Gasteiger partial charge on any atom is 0.00660 e.